The predicted octanol–water partition coefficient (Wildman–Crippen LogP) is 0.309. The van der Waals surface area contributed by atoms with Crippen molar-refractivity contribution in [3.05, 3.63) is 18.7 Å². The second-order valence-electron chi connectivity index (χ2n) is 3.46. The molecule has 6 nitrogen and oxygen atoms in total. The van der Waals surface area contributed by atoms with Crippen LogP contribution >= 0.6 is 0 Å². The molecule has 0 aliphatic rings. The standard InChI is InChI=1S/C10H16N4O2/c1-3-4-12-9(15)7-13(2)10(16)14-6-5-11-8-14/h5-6,8H,3-4,7H2,1-2H3,(H,12,15). The number of nitrogens with zero attached hydrogens (tertiary/aromatic N) is 3. The maximum atomic E-state index is 11.7. The highest BCUT2D eigenvalue weighted by molar-refractivity contribution is 5.84. The Labute approximate surface area is 94.3 Å². The minimum absolute atomic E-state index is 0.0526. The van der Waals surface area contributed by atoms with Crippen LogP contribution in [0.15, 0.2) is 18.7 Å². The number of hydrogen-bond donors (Lipinski definition) is 1. The molecule has 0 atom stereocenters. The van der Waals surface area contributed by atoms with Crippen molar-refractivity contribution in [2.75, 3.05) is 20.1 Å². The first-order valence-corrected chi connectivity index (χ1v) is 5.15. The van der Waals surface area contributed by atoms with Crippen LogP contribution in [0.2, 0.25) is 0 Å². The SMILES string of the molecule is CCCNC(=O)CN(C)C(=O)n1ccnc1. The second-order valence-corrected chi connectivity index (χ2v) is 3.46. The number of nitrogens with one attached hydrogen (secondary N) is 1. The van der Waals surface area contributed by atoms with Crippen LogP contribution in [0.1, 0.15) is 13.3 Å². The molecular formula is C10H16N4O2. The lowest BCUT2D eigenvalue weighted by molar-refractivity contribution is -0.121. The fourth-order valence-corrected chi connectivity index (χ4v) is 1.17. The summed E-state index contributed by atoms with van der Waals surface area (Å²) < 4.78 is 1.33. The van der Waals surface area contributed by atoms with Crippen LogP contribution in [0.25, 0.3) is 0 Å². The summed E-state index contributed by atoms with van der Waals surface area (Å²) >= 11 is 0. The fraction of sp³-hybridized carbons (Fsp3) is 0.500. The second kappa shape index (κ2) is 5.89. The van der Waals surface area contributed by atoms with Gasteiger partial charge in [0.15, 0.2) is 0 Å². The van der Waals surface area contributed by atoms with Crippen LogP contribution in [0.3, 0.4) is 0 Å². The molecule has 1 rings (SSSR count). The molecule has 0 unspecified atom stereocenters. The van der Waals surface area contributed by atoms with E-state index in [2.05, 4.69) is 10.3 Å². The lowest BCUT2D eigenvalue weighted by atomic mass is 10.4. The Hall–Kier alpha value is -1.85. The summed E-state index contributed by atoms with van der Waals surface area (Å²) in [6.07, 6.45) is 5.35. The molecule has 0 fully saturated rings. The minimum Gasteiger partial charge on any atom is -0.355 e. The van der Waals surface area contributed by atoms with E-state index in [1.807, 2.05) is 6.92 Å². The lowest BCUT2D eigenvalue weighted by Crippen LogP contribution is -2.40. The van der Waals surface area contributed by atoms with Gasteiger partial charge >= 0.3 is 6.03 Å². The first-order valence-electron chi connectivity index (χ1n) is 5.15. The van der Waals surface area contributed by atoms with Crippen LogP contribution in [0, 0.1) is 0 Å². The van der Waals surface area contributed by atoms with Crippen LogP contribution in [0.5, 0.6) is 0 Å². The quantitative estimate of drug-likeness (QED) is 0.800. The van der Waals surface area contributed by atoms with E-state index in [1.54, 1.807) is 13.2 Å². The van der Waals surface area contributed by atoms with Crippen molar-refractivity contribution in [1.29, 1.82) is 0 Å². The van der Waals surface area contributed by atoms with Gasteiger partial charge in [-0.15, -0.1) is 0 Å². The van der Waals surface area contributed by atoms with Gasteiger partial charge in [-0.05, 0) is 6.42 Å². The molecular weight excluding hydrogens is 208 g/mol. The number of carbonyl (C=O) groups excluding carboxylic acids is 2. The molecule has 2 amide bonds. The molecule has 88 valence electrons. The van der Waals surface area contributed by atoms with Gasteiger partial charge in [-0.1, -0.05) is 6.92 Å². The van der Waals surface area contributed by atoms with Crippen molar-refractivity contribution in [2.45, 2.75) is 13.3 Å². The smallest absolute Gasteiger partial charge is 0.329 e. The van der Waals surface area contributed by atoms with E-state index in [0.29, 0.717) is 6.54 Å². The zero-order chi connectivity index (χ0) is 12.0. The topological polar surface area (TPSA) is 67.2 Å². The van der Waals surface area contributed by atoms with E-state index < -0.39 is 0 Å². The molecule has 6 heteroatoms. The average molecular weight is 224 g/mol. The normalized spacial score (nSPS) is 9.88. The van der Waals surface area contributed by atoms with Gasteiger partial charge in [-0.25, -0.2) is 9.78 Å². The predicted molar refractivity (Wildman–Crippen MR) is 59.0 cm³/mol. The van der Waals surface area contributed by atoms with E-state index in [9.17, 15) is 9.59 Å². The maximum absolute atomic E-state index is 11.7. The number of likely N-dealkylation sites (N-methyl/N-ethyl adjacent to an activating group) is 1. The minimum atomic E-state index is -0.274. The van der Waals surface area contributed by atoms with Crippen molar-refractivity contribution in [3.63, 3.8) is 0 Å². The van der Waals surface area contributed by atoms with Gasteiger partial charge in [0.2, 0.25) is 5.91 Å². The Morgan fingerprint density at radius 3 is 2.81 bits per heavy atom. The van der Waals surface area contributed by atoms with Crippen molar-refractivity contribution in [3.8, 4) is 0 Å². The first-order chi connectivity index (χ1) is 7.65. The van der Waals surface area contributed by atoms with Gasteiger partial charge in [-0.3, -0.25) is 9.36 Å². The largest absolute Gasteiger partial charge is 0.355 e. The summed E-state index contributed by atoms with van der Waals surface area (Å²) in [5.74, 6) is -0.155. The summed E-state index contributed by atoms with van der Waals surface area (Å²) in [4.78, 5) is 28.1. The Kier molecular flexibility index (Phi) is 4.50. The molecule has 0 saturated carbocycles. The number of carbonyl (C=O) groups is 2. The van der Waals surface area contributed by atoms with E-state index in [4.69, 9.17) is 0 Å². The van der Waals surface area contributed by atoms with Crippen LogP contribution in [-0.2, 0) is 4.79 Å². The number of aromatic nitrogens is 2. The molecule has 0 aliphatic carbocycles. The third kappa shape index (κ3) is 3.38. The molecule has 0 saturated heterocycles. The van der Waals surface area contributed by atoms with Gasteiger partial charge < -0.3 is 10.2 Å². The zero-order valence-corrected chi connectivity index (χ0v) is 9.51. The van der Waals surface area contributed by atoms with E-state index in [1.165, 1.54) is 22.0 Å². The molecule has 1 aromatic rings. The summed E-state index contributed by atoms with van der Waals surface area (Å²) in [5.41, 5.74) is 0. The Bertz CT molecular complexity index is 348. The molecule has 0 spiro atoms. The van der Waals surface area contributed by atoms with Gasteiger partial charge in [0, 0.05) is 26.0 Å². The zero-order valence-electron chi connectivity index (χ0n) is 9.51. The fourth-order valence-electron chi connectivity index (χ4n) is 1.17. The van der Waals surface area contributed by atoms with E-state index >= 15 is 0 Å². The Morgan fingerprint density at radius 1 is 1.50 bits per heavy atom. The van der Waals surface area contributed by atoms with Gasteiger partial charge in [0.05, 0.1) is 0 Å². The van der Waals surface area contributed by atoms with Crippen molar-refractivity contribution >= 4 is 11.9 Å². The number of imidazole rings is 1. The average Bonchev–Trinajstić information content (AvgIpc) is 2.78. The summed E-state index contributed by atoms with van der Waals surface area (Å²) in [5, 5.41) is 2.71. The maximum Gasteiger partial charge on any atom is 0.329 e. The molecule has 0 aromatic carbocycles. The van der Waals surface area contributed by atoms with Crippen molar-refractivity contribution in [1.82, 2.24) is 19.8 Å². The summed E-state index contributed by atoms with van der Waals surface area (Å²) in [6.45, 7) is 2.66. The van der Waals surface area contributed by atoms with Crippen molar-refractivity contribution < 1.29 is 9.59 Å². The highest BCUT2D eigenvalue weighted by atomic mass is 16.2. The molecule has 0 aliphatic heterocycles. The highest BCUT2D eigenvalue weighted by Crippen LogP contribution is 1.93. The molecule has 1 N–H and O–H groups in total. The first kappa shape index (κ1) is 12.2. The third-order valence-corrected chi connectivity index (χ3v) is 2.00. The van der Waals surface area contributed by atoms with Crippen LogP contribution in [0.4, 0.5) is 4.79 Å². The monoisotopic (exact) mass is 224 g/mol. The van der Waals surface area contributed by atoms with Gasteiger partial charge in [0.1, 0.15) is 12.9 Å². The lowest BCUT2D eigenvalue weighted by Gasteiger charge is -2.16. The Morgan fingerprint density at radius 2 is 2.25 bits per heavy atom. The summed E-state index contributed by atoms with van der Waals surface area (Å²) in [7, 11) is 1.58. The highest BCUT2D eigenvalue weighted by Gasteiger charge is 2.13. The summed E-state index contributed by atoms with van der Waals surface area (Å²) in [6, 6.07) is -0.274. The van der Waals surface area contributed by atoms with Gasteiger partial charge in [-0.2, -0.15) is 0 Å². The number of hydrogen-bond acceptors (Lipinski definition) is 3. The Balaban J connectivity index is 2.43. The molecule has 1 heterocycles. The number of rotatable bonds is 4. The number of amides is 2. The molecule has 0 bridgehead atoms. The van der Waals surface area contributed by atoms with Crippen molar-refractivity contribution in [2.24, 2.45) is 0 Å². The molecule has 1 aromatic heterocycles. The van der Waals surface area contributed by atoms with Crippen LogP contribution in [-0.4, -0.2) is 46.5 Å². The molecule has 0 radical (unpaired) electrons. The van der Waals surface area contributed by atoms with E-state index in [0.717, 1.165) is 6.42 Å². The third-order valence-electron chi connectivity index (χ3n) is 2.00. The van der Waals surface area contributed by atoms with E-state index in [-0.39, 0.29) is 18.5 Å². The van der Waals surface area contributed by atoms with Gasteiger partial charge in [0.25, 0.3) is 0 Å². The molecule has 16 heavy (non-hydrogen) atoms. The van der Waals surface area contributed by atoms with Crippen LogP contribution < -0.4 is 5.32 Å².